The number of aromatic nitrogens is 2. The Hall–Kier alpha value is -1.17. The first-order chi connectivity index (χ1) is 7.99. The first-order valence-electron chi connectivity index (χ1n) is 5.78. The van der Waals surface area contributed by atoms with E-state index in [1.54, 1.807) is 0 Å². The number of rotatable bonds is 7. The van der Waals surface area contributed by atoms with Crippen LogP contribution < -0.4 is 5.32 Å². The second kappa shape index (κ2) is 6.54. The molecule has 0 aliphatic rings. The van der Waals surface area contributed by atoms with Gasteiger partial charge in [-0.25, -0.2) is 4.98 Å². The van der Waals surface area contributed by atoms with Crippen LogP contribution in [-0.2, 0) is 4.79 Å². The summed E-state index contributed by atoms with van der Waals surface area (Å²) in [5, 5.41) is 12.6. The lowest BCUT2D eigenvalue weighted by molar-refractivity contribution is -0.137. The highest BCUT2D eigenvalue weighted by atomic mass is 32.1. The molecule has 0 saturated carbocycles. The van der Waals surface area contributed by atoms with E-state index >= 15 is 0 Å². The van der Waals surface area contributed by atoms with Gasteiger partial charge < -0.3 is 10.4 Å². The molecule has 0 spiro atoms. The maximum atomic E-state index is 10.4. The highest BCUT2D eigenvalue weighted by Gasteiger charge is 2.09. The summed E-state index contributed by atoms with van der Waals surface area (Å²) in [5.74, 6) is 0.772. The zero-order chi connectivity index (χ0) is 12.8. The molecule has 0 aliphatic carbocycles. The molecule has 0 saturated heterocycles. The zero-order valence-corrected chi connectivity index (χ0v) is 11.3. The monoisotopic (exact) mass is 257 g/mol. The van der Waals surface area contributed by atoms with Crippen molar-refractivity contribution in [3.05, 3.63) is 5.82 Å². The van der Waals surface area contributed by atoms with Crippen LogP contribution in [0.15, 0.2) is 0 Å². The number of nitrogens with zero attached hydrogens (tertiary/aromatic N) is 2. The number of aliphatic carboxylic acids is 1. The van der Waals surface area contributed by atoms with Crippen LogP contribution in [0.2, 0.25) is 0 Å². The quantitative estimate of drug-likeness (QED) is 0.785. The molecule has 0 aliphatic heterocycles. The van der Waals surface area contributed by atoms with Gasteiger partial charge in [0.05, 0.1) is 0 Å². The fourth-order valence-electron chi connectivity index (χ4n) is 1.27. The third kappa shape index (κ3) is 5.12. The Morgan fingerprint density at radius 3 is 2.71 bits per heavy atom. The predicted molar refractivity (Wildman–Crippen MR) is 68.5 cm³/mol. The number of hydrogen-bond donors (Lipinski definition) is 2. The molecule has 1 atom stereocenters. The molecular formula is C11H19N3O2S. The fourth-order valence-corrected chi connectivity index (χ4v) is 1.99. The van der Waals surface area contributed by atoms with Gasteiger partial charge in [0, 0.05) is 30.4 Å². The topological polar surface area (TPSA) is 75.1 Å². The Morgan fingerprint density at radius 1 is 1.47 bits per heavy atom. The highest BCUT2D eigenvalue weighted by molar-refractivity contribution is 7.09. The summed E-state index contributed by atoms with van der Waals surface area (Å²) < 4.78 is 4.24. The molecule has 5 nitrogen and oxygen atoms in total. The summed E-state index contributed by atoms with van der Waals surface area (Å²) in [5.41, 5.74) is 0. The van der Waals surface area contributed by atoms with Crippen LogP contribution in [0.5, 0.6) is 0 Å². The minimum Gasteiger partial charge on any atom is -0.481 e. The zero-order valence-electron chi connectivity index (χ0n) is 10.4. The Labute approximate surface area is 105 Å². The van der Waals surface area contributed by atoms with Crippen molar-refractivity contribution in [1.29, 1.82) is 0 Å². The lowest BCUT2D eigenvalue weighted by Gasteiger charge is -2.09. The van der Waals surface area contributed by atoms with Gasteiger partial charge in [-0.2, -0.15) is 4.37 Å². The van der Waals surface area contributed by atoms with Crippen LogP contribution in [0.25, 0.3) is 0 Å². The van der Waals surface area contributed by atoms with Gasteiger partial charge >= 0.3 is 5.97 Å². The van der Waals surface area contributed by atoms with Crippen LogP contribution in [-0.4, -0.2) is 27.0 Å². The molecule has 2 N–H and O–H groups in total. The van der Waals surface area contributed by atoms with Crippen LogP contribution in [0.1, 0.15) is 45.4 Å². The number of hydrogen-bond acceptors (Lipinski definition) is 5. The van der Waals surface area contributed by atoms with Gasteiger partial charge in [0.2, 0.25) is 5.13 Å². The lowest BCUT2D eigenvalue weighted by Crippen LogP contribution is -2.12. The van der Waals surface area contributed by atoms with E-state index < -0.39 is 5.97 Å². The van der Waals surface area contributed by atoms with Crippen LogP contribution in [0.4, 0.5) is 5.13 Å². The molecule has 1 rings (SSSR count). The summed E-state index contributed by atoms with van der Waals surface area (Å²) in [6.45, 7) is 6.88. The second-order valence-electron chi connectivity index (χ2n) is 4.53. The molecule has 0 amide bonds. The van der Waals surface area contributed by atoms with Crippen molar-refractivity contribution in [3.8, 4) is 0 Å². The predicted octanol–water partition coefficient (Wildman–Crippen LogP) is 2.57. The summed E-state index contributed by atoms with van der Waals surface area (Å²) in [7, 11) is 0. The standard InChI is InChI=1S/C11H19N3O2S/c1-7(2)10-13-11(17-14-10)12-6-8(3)4-5-9(15)16/h7-8H,4-6H2,1-3H3,(H,15,16)(H,12,13,14). The van der Waals surface area contributed by atoms with Crippen LogP contribution in [0, 0.1) is 5.92 Å². The van der Waals surface area contributed by atoms with Crippen molar-refractivity contribution in [2.24, 2.45) is 5.92 Å². The number of carboxylic acid groups (broad SMARTS) is 1. The maximum Gasteiger partial charge on any atom is 0.303 e. The summed E-state index contributed by atoms with van der Waals surface area (Å²) in [6.07, 6.45) is 0.897. The molecule has 0 radical (unpaired) electrons. The Balaban J connectivity index is 2.31. The average Bonchev–Trinajstić information content (AvgIpc) is 2.72. The molecule has 6 heteroatoms. The molecule has 1 aromatic heterocycles. The van der Waals surface area contributed by atoms with Gasteiger partial charge in [0.1, 0.15) is 5.82 Å². The fraction of sp³-hybridized carbons (Fsp3) is 0.727. The molecule has 0 bridgehead atoms. The molecule has 96 valence electrons. The average molecular weight is 257 g/mol. The van der Waals surface area contributed by atoms with E-state index in [-0.39, 0.29) is 6.42 Å². The van der Waals surface area contributed by atoms with E-state index in [2.05, 4.69) is 28.5 Å². The highest BCUT2D eigenvalue weighted by Crippen LogP contribution is 2.18. The number of anilines is 1. The Bertz CT molecular complexity index is 365. The molecule has 0 fully saturated rings. The number of nitrogens with one attached hydrogen (secondary N) is 1. The van der Waals surface area contributed by atoms with Crippen molar-refractivity contribution in [2.45, 2.75) is 39.5 Å². The van der Waals surface area contributed by atoms with E-state index in [9.17, 15) is 4.79 Å². The molecule has 1 aromatic rings. The van der Waals surface area contributed by atoms with E-state index in [1.165, 1.54) is 11.5 Å². The van der Waals surface area contributed by atoms with E-state index in [0.29, 0.717) is 18.3 Å². The van der Waals surface area contributed by atoms with Crippen LogP contribution >= 0.6 is 11.5 Å². The van der Waals surface area contributed by atoms with E-state index in [0.717, 1.165) is 17.5 Å². The minimum atomic E-state index is -0.741. The number of carbonyl (C=O) groups is 1. The summed E-state index contributed by atoms with van der Waals surface area (Å²) in [6, 6.07) is 0. The number of carboxylic acids is 1. The first kappa shape index (κ1) is 13.9. The SMILES string of the molecule is CC(CCC(=O)O)CNc1nc(C(C)C)ns1. The van der Waals surface area contributed by atoms with E-state index in [4.69, 9.17) is 5.11 Å². The smallest absolute Gasteiger partial charge is 0.303 e. The van der Waals surface area contributed by atoms with Gasteiger partial charge in [-0.05, 0) is 12.3 Å². The van der Waals surface area contributed by atoms with E-state index in [1.807, 2.05) is 6.92 Å². The van der Waals surface area contributed by atoms with Gasteiger partial charge in [0.15, 0.2) is 0 Å². The molecule has 17 heavy (non-hydrogen) atoms. The van der Waals surface area contributed by atoms with Crippen LogP contribution in [0.3, 0.4) is 0 Å². The van der Waals surface area contributed by atoms with Gasteiger partial charge in [-0.3, -0.25) is 4.79 Å². The Morgan fingerprint density at radius 2 is 2.18 bits per heavy atom. The molecule has 1 unspecified atom stereocenters. The summed E-state index contributed by atoms with van der Waals surface area (Å²) >= 11 is 1.36. The molecule has 1 heterocycles. The van der Waals surface area contributed by atoms with Crippen molar-refractivity contribution >= 4 is 22.6 Å². The van der Waals surface area contributed by atoms with Crippen molar-refractivity contribution in [2.75, 3.05) is 11.9 Å². The van der Waals surface area contributed by atoms with Gasteiger partial charge in [-0.15, -0.1) is 0 Å². The van der Waals surface area contributed by atoms with Crippen molar-refractivity contribution in [1.82, 2.24) is 9.36 Å². The lowest BCUT2D eigenvalue weighted by atomic mass is 10.1. The van der Waals surface area contributed by atoms with Gasteiger partial charge in [-0.1, -0.05) is 20.8 Å². The second-order valence-corrected chi connectivity index (χ2v) is 5.28. The first-order valence-corrected chi connectivity index (χ1v) is 6.55. The van der Waals surface area contributed by atoms with Crippen molar-refractivity contribution in [3.63, 3.8) is 0 Å². The van der Waals surface area contributed by atoms with Gasteiger partial charge in [0.25, 0.3) is 0 Å². The molecule has 0 aromatic carbocycles. The minimum absolute atomic E-state index is 0.218. The van der Waals surface area contributed by atoms with Crippen molar-refractivity contribution < 1.29 is 9.90 Å². The third-order valence-corrected chi connectivity index (χ3v) is 3.10. The third-order valence-electron chi connectivity index (χ3n) is 2.41. The molecular weight excluding hydrogens is 238 g/mol. The maximum absolute atomic E-state index is 10.4. The normalized spacial score (nSPS) is 12.7. The largest absolute Gasteiger partial charge is 0.481 e. The Kier molecular flexibility index (Phi) is 5.34. The summed E-state index contributed by atoms with van der Waals surface area (Å²) in [4.78, 5) is 14.8.